The molecule has 0 radical (unpaired) electrons. The molecule has 15 heavy (non-hydrogen) atoms. The summed E-state index contributed by atoms with van der Waals surface area (Å²) in [6.45, 7) is 1.98. The van der Waals surface area contributed by atoms with Gasteiger partial charge in [0.25, 0.3) is 0 Å². The quantitative estimate of drug-likeness (QED) is 0.691. The van der Waals surface area contributed by atoms with E-state index in [2.05, 4.69) is 4.98 Å². The van der Waals surface area contributed by atoms with E-state index in [1.807, 2.05) is 13.0 Å². The predicted octanol–water partition coefficient (Wildman–Crippen LogP) is 3.15. The monoisotopic (exact) mass is 203 g/mol. The van der Waals surface area contributed by atoms with Crippen molar-refractivity contribution in [3.05, 3.63) is 29.6 Å². The second-order valence-corrected chi connectivity index (χ2v) is 4.45. The Balaban J connectivity index is 2.12. The van der Waals surface area contributed by atoms with Gasteiger partial charge in [0.15, 0.2) is 5.78 Å². The van der Waals surface area contributed by atoms with Gasteiger partial charge in [0.05, 0.1) is 0 Å². The van der Waals surface area contributed by atoms with Crippen LogP contribution in [-0.2, 0) is 0 Å². The average Bonchev–Trinajstić information content (AvgIpc) is 2.29. The zero-order valence-corrected chi connectivity index (χ0v) is 9.20. The highest BCUT2D eigenvalue weighted by Crippen LogP contribution is 2.26. The highest BCUT2D eigenvalue weighted by molar-refractivity contribution is 5.97. The van der Waals surface area contributed by atoms with Crippen molar-refractivity contribution in [1.82, 2.24) is 4.98 Å². The molecule has 0 spiro atoms. The van der Waals surface area contributed by atoms with Gasteiger partial charge in [-0.1, -0.05) is 19.3 Å². The number of aromatic nitrogens is 1. The lowest BCUT2D eigenvalue weighted by Gasteiger charge is -2.20. The Morgan fingerprint density at radius 2 is 2.00 bits per heavy atom. The van der Waals surface area contributed by atoms with Crippen molar-refractivity contribution >= 4 is 5.78 Å². The number of Topliss-reactive ketones (excluding diaryl/α,β-unsaturated/α-hetero) is 1. The van der Waals surface area contributed by atoms with Crippen LogP contribution < -0.4 is 0 Å². The minimum Gasteiger partial charge on any atom is -0.294 e. The molecule has 1 heterocycles. The molecule has 0 saturated heterocycles. The van der Waals surface area contributed by atoms with E-state index in [0.29, 0.717) is 5.78 Å². The maximum atomic E-state index is 12.1. The van der Waals surface area contributed by atoms with E-state index in [9.17, 15) is 4.79 Å². The van der Waals surface area contributed by atoms with E-state index in [-0.39, 0.29) is 5.92 Å². The van der Waals surface area contributed by atoms with E-state index >= 15 is 0 Å². The molecule has 1 aromatic heterocycles. The molecule has 0 N–H and O–H groups in total. The molecule has 2 rings (SSSR count). The van der Waals surface area contributed by atoms with Gasteiger partial charge >= 0.3 is 0 Å². The minimum atomic E-state index is 0.252. The maximum absolute atomic E-state index is 12.1. The molecule has 1 aliphatic carbocycles. The van der Waals surface area contributed by atoms with Crippen molar-refractivity contribution in [2.45, 2.75) is 39.0 Å². The number of aryl methyl sites for hydroxylation is 1. The fourth-order valence-electron chi connectivity index (χ4n) is 2.29. The summed E-state index contributed by atoms with van der Waals surface area (Å²) in [5.41, 5.74) is 1.86. The van der Waals surface area contributed by atoms with Gasteiger partial charge in [-0.25, -0.2) is 0 Å². The van der Waals surface area contributed by atoms with E-state index in [0.717, 1.165) is 24.0 Å². The van der Waals surface area contributed by atoms with Crippen LogP contribution in [-0.4, -0.2) is 10.8 Å². The van der Waals surface area contributed by atoms with Crippen molar-refractivity contribution < 1.29 is 4.79 Å². The number of hydrogen-bond donors (Lipinski definition) is 0. The summed E-state index contributed by atoms with van der Waals surface area (Å²) in [5.74, 6) is 0.549. The second-order valence-electron chi connectivity index (χ2n) is 4.45. The molecule has 0 aliphatic heterocycles. The number of nitrogens with zero attached hydrogens (tertiary/aromatic N) is 1. The largest absolute Gasteiger partial charge is 0.294 e. The zero-order chi connectivity index (χ0) is 10.7. The molecule has 2 nitrogen and oxygen atoms in total. The third-order valence-electron chi connectivity index (χ3n) is 3.14. The normalized spacial score (nSPS) is 17.7. The van der Waals surface area contributed by atoms with Gasteiger partial charge < -0.3 is 0 Å². The van der Waals surface area contributed by atoms with Crippen molar-refractivity contribution in [2.24, 2.45) is 5.92 Å². The SMILES string of the molecule is Cc1cncc(C(=O)C2CCCCC2)c1. The molecule has 80 valence electrons. The van der Waals surface area contributed by atoms with Gasteiger partial charge in [0.2, 0.25) is 0 Å². The number of carbonyl (C=O) groups excluding carboxylic acids is 1. The third kappa shape index (κ3) is 2.44. The number of rotatable bonds is 2. The smallest absolute Gasteiger partial charge is 0.167 e. The Hall–Kier alpha value is -1.18. The molecule has 1 saturated carbocycles. The van der Waals surface area contributed by atoms with Crippen LogP contribution in [0.15, 0.2) is 18.5 Å². The van der Waals surface area contributed by atoms with Crippen molar-refractivity contribution in [3.63, 3.8) is 0 Å². The van der Waals surface area contributed by atoms with Gasteiger partial charge in [0, 0.05) is 23.9 Å². The summed E-state index contributed by atoms with van der Waals surface area (Å²) in [5, 5.41) is 0. The highest BCUT2D eigenvalue weighted by Gasteiger charge is 2.22. The van der Waals surface area contributed by atoms with Gasteiger partial charge in [-0.3, -0.25) is 9.78 Å². The molecule has 2 heteroatoms. The lowest BCUT2D eigenvalue weighted by Crippen LogP contribution is -2.18. The second kappa shape index (κ2) is 4.56. The summed E-state index contributed by atoms with van der Waals surface area (Å²) in [7, 11) is 0. The van der Waals surface area contributed by atoms with Crippen molar-refractivity contribution in [2.75, 3.05) is 0 Å². The Morgan fingerprint density at radius 1 is 1.27 bits per heavy atom. The first-order chi connectivity index (χ1) is 7.27. The summed E-state index contributed by atoms with van der Waals surface area (Å²) >= 11 is 0. The molecule has 1 fully saturated rings. The average molecular weight is 203 g/mol. The number of ketones is 1. The Morgan fingerprint density at radius 3 is 2.67 bits per heavy atom. The fraction of sp³-hybridized carbons (Fsp3) is 0.538. The van der Waals surface area contributed by atoms with E-state index in [4.69, 9.17) is 0 Å². The Kier molecular flexibility index (Phi) is 3.14. The van der Waals surface area contributed by atoms with Crippen LogP contribution in [0.3, 0.4) is 0 Å². The van der Waals surface area contributed by atoms with Gasteiger partial charge in [-0.15, -0.1) is 0 Å². The molecular formula is C13H17NO. The first-order valence-electron chi connectivity index (χ1n) is 5.73. The van der Waals surface area contributed by atoms with Crippen molar-refractivity contribution in [3.8, 4) is 0 Å². The molecule has 0 amide bonds. The summed E-state index contributed by atoms with van der Waals surface area (Å²) < 4.78 is 0. The highest BCUT2D eigenvalue weighted by atomic mass is 16.1. The summed E-state index contributed by atoms with van der Waals surface area (Å²) in [4.78, 5) is 16.2. The van der Waals surface area contributed by atoms with Crippen LogP contribution in [0.4, 0.5) is 0 Å². The Labute approximate surface area is 90.7 Å². The number of hydrogen-bond acceptors (Lipinski definition) is 2. The van der Waals surface area contributed by atoms with Crippen LogP contribution in [0.2, 0.25) is 0 Å². The molecule has 0 bridgehead atoms. The van der Waals surface area contributed by atoms with Crippen LogP contribution >= 0.6 is 0 Å². The molecule has 1 aliphatic rings. The standard InChI is InChI=1S/C13H17NO/c1-10-7-12(9-14-8-10)13(15)11-5-3-2-4-6-11/h7-9,11H,2-6H2,1H3. The maximum Gasteiger partial charge on any atom is 0.167 e. The lowest BCUT2D eigenvalue weighted by atomic mass is 9.84. The van der Waals surface area contributed by atoms with Crippen LogP contribution in [0.25, 0.3) is 0 Å². The molecule has 1 aromatic rings. The van der Waals surface area contributed by atoms with Crippen LogP contribution in [0, 0.1) is 12.8 Å². The zero-order valence-electron chi connectivity index (χ0n) is 9.20. The fourth-order valence-corrected chi connectivity index (χ4v) is 2.29. The van der Waals surface area contributed by atoms with Gasteiger partial charge in [-0.05, 0) is 31.4 Å². The van der Waals surface area contributed by atoms with Gasteiger partial charge in [0.1, 0.15) is 0 Å². The van der Waals surface area contributed by atoms with Crippen LogP contribution in [0.1, 0.15) is 48.0 Å². The van der Waals surface area contributed by atoms with Crippen LogP contribution in [0.5, 0.6) is 0 Å². The summed E-state index contributed by atoms with van der Waals surface area (Å²) in [6, 6.07) is 1.95. The molecule has 0 unspecified atom stereocenters. The Bertz CT molecular complexity index is 353. The van der Waals surface area contributed by atoms with E-state index < -0.39 is 0 Å². The van der Waals surface area contributed by atoms with E-state index in [1.165, 1.54) is 19.3 Å². The summed E-state index contributed by atoms with van der Waals surface area (Å²) in [6.07, 6.45) is 9.31. The first kappa shape index (κ1) is 10.3. The number of pyridine rings is 1. The van der Waals surface area contributed by atoms with Gasteiger partial charge in [-0.2, -0.15) is 0 Å². The van der Waals surface area contributed by atoms with Crippen molar-refractivity contribution in [1.29, 1.82) is 0 Å². The minimum absolute atomic E-state index is 0.252. The molecule has 0 atom stereocenters. The topological polar surface area (TPSA) is 30.0 Å². The first-order valence-corrected chi connectivity index (χ1v) is 5.73. The lowest BCUT2D eigenvalue weighted by molar-refractivity contribution is 0.0889. The number of carbonyl (C=O) groups is 1. The van der Waals surface area contributed by atoms with E-state index in [1.54, 1.807) is 12.4 Å². The predicted molar refractivity (Wildman–Crippen MR) is 59.9 cm³/mol. The third-order valence-corrected chi connectivity index (χ3v) is 3.14. The molecular weight excluding hydrogens is 186 g/mol. The molecule has 0 aromatic carbocycles.